The number of aryl methyl sites for hydroxylation is 1. The molecule has 122 heavy (non-hydrogen) atoms. The van der Waals surface area contributed by atoms with Gasteiger partial charge in [0.2, 0.25) is 29.5 Å². The molecule has 4 aromatic heterocycles. The molecule has 3 saturated carbocycles. The number of nitrogens with zero attached hydrogens (tertiary/aromatic N) is 7. The zero-order valence-corrected chi connectivity index (χ0v) is 68.3. The number of hydrogen-bond acceptors (Lipinski definition) is 19. The zero-order chi connectivity index (χ0) is 85.2. The van der Waals surface area contributed by atoms with Gasteiger partial charge in [-0.1, -0.05) is 139 Å². The lowest BCUT2D eigenvalue weighted by molar-refractivity contribution is -0.152. The number of aliphatic hydroxyl groups is 1. The Morgan fingerprint density at radius 1 is 0.508 bits per heavy atom. The number of aromatic nitrogens is 4. The second-order valence-corrected chi connectivity index (χ2v) is 32.5. The van der Waals surface area contributed by atoms with E-state index in [1.165, 1.54) is 12.1 Å². The van der Waals surface area contributed by atoms with E-state index in [1.54, 1.807) is 46.7 Å². The number of halogens is 1. The number of pyridine rings is 4. The van der Waals surface area contributed by atoms with Gasteiger partial charge in [-0.2, -0.15) is 0 Å². The maximum atomic E-state index is 15.2. The smallest absolute Gasteiger partial charge is 0.313 e. The summed E-state index contributed by atoms with van der Waals surface area (Å²) in [5.74, 6) is -3.35. The van der Waals surface area contributed by atoms with E-state index in [0.29, 0.717) is 75.9 Å². The molecule has 17 rings (SSSR count). The molecule has 0 unspecified atom stereocenters. The highest BCUT2D eigenvalue weighted by Gasteiger charge is 2.67. The number of hydroxylamine groups is 3. The molecule has 2 aliphatic heterocycles. The second-order valence-electron chi connectivity index (χ2n) is 32.5. The van der Waals surface area contributed by atoms with Crippen LogP contribution in [0, 0.1) is 46.7 Å². The molecule has 0 radical (unpaired) electrons. The predicted octanol–water partition coefficient (Wildman–Crippen LogP) is 14.2. The molecule has 24 nitrogen and oxygen atoms in total. The monoisotopic (exact) mass is 1640 g/mol. The van der Waals surface area contributed by atoms with Gasteiger partial charge in [0.25, 0.3) is 0 Å². The van der Waals surface area contributed by atoms with Crippen LogP contribution in [0.4, 0.5) is 4.39 Å². The molecule has 626 valence electrons. The number of nitrogens with one attached hydrogen (secondary N) is 3. The minimum Gasteiger partial charge on any atom is -0.489 e. The Balaban J connectivity index is 0.000000142. The molecular formula is C97H97FN10O14. The molecule has 5 fully saturated rings. The van der Waals surface area contributed by atoms with E-state index in [9.17, 15) is 44.3 Å². The first kappa shape index (κ1) is 84.1. The third-order valence-electron chi connectivity index (χ3n) is 24.4. The van der Waals surface area contributed by atoms with Gasteiger partial charge in [0, 0.05) is 87.6 Å². The predicted molar refractivity (Wildman–Crippen MR) is 456 cm³/mol. The van der Waals surface area contributed by atoms with Crippen LogP contribution in [0.1, 0.15) is 84.4 Å². The average molecular weight is 1650 g/mol. The van der Waals surface area contributed by atoms with Crippen LogP contribution in [0.5, 0.6) is 17.2 Å². The molecule has 25 heteroatoms. The van der Waals surface area contributed by atoms with Crippen molar-refractivity contribution in [1.29, 1.82) is 0 Å². The number of fused-ring (bicyclic) bond motifs is 3. The highest BCUT2D eigenvalue weighted by atomic mass is 19.1. The van der Waals surface area contributed by atoms with Crippen LogP contribution in [0.25, 0.3) is 66.5 Å². The third-order valence-corrected chi connectivity index (χ3v) is 24.4. The Kier molecular flexibility index (Phi) is 25.5. The lowest BCUT2D eigenvalue weighted by atomic mass is 9.91. The van der Waals surface area contributed by atoms with Gasteiger partial charge in [-0.3, -0.25) is 49.4 Å². The fourth-order valence-corrected chi connectivity index (χ4v) is 17.4. The molecule has 7 N–H and O–H groups in total. The molecule has 5 amide bonds. The summed E-state index contributed by atoms with van der Waals surface area (Å²) in [6.07, 6.45) is 7.84. The summed E-state index contributed by atoms with van der Waals surface area (Å²) in [4.78, 5) is 101. The summed E-state index contributed by atoms with van der Waals surface area (Å²) in [6, 6.07) is 72.0. The van der Waals surface area contributed by atoms with Gasteiger partial charge in [0.15, 0.2) is 11.6 Å². The van der Waals surface area contributed by atoms with Crippen molar-refractivity contribution < 1.29 is 72.8 Å². The van der Waals surface area contributed by atoms with Gasteiger partial charge >= 0.3 is 5.97 Å². The molecule has 6 heterocycles. The average Bonchev–Trinajstić information content (AvgIpc) is 1.57. The van der Waals surface area contributed by atoms with E-state index < -0.39 is 63.5 Å². The number of aliphatic hydroxyl groups excluding tert-OH is 1. The molecule has 8 atom stereocenters. The van der Waals surface area contributed by atoms with E-state index in [-0.39, 0.29) is 56.3 Å². The largest absolute Gasteiger partial charge is 0.489 e. The van der Waals surface area contributed by atoms with Gasteiger partial charge in [-0.05, 0) is 193 Å². The highest BCUT2D eigenvalue weighted by Crippen LogP contribution is 2.59. The number of hydrogen-bond donors (Lipinski definition) is 7. The Labute approximate surface area is 705 Å². The van der Waals surface area contributed by atoms with Crippen molar-refractivity contribution >= 4 is 68.2 Å². The Morgan fingerprint density at radius 3 is 1.49 bits per heavy atom. The Hall–Kier alpha value is -12.9. The van der Waals surface area contributed by atoms with Crippen molar-refractivity contribution in [3.63, 3.8) is 0 Å². The van der Waals surface area contributed by atoms with E-state index in [0.717, 1.165) is 125 Å². The number of ether oxygens (including phenoxy) is 4. The van der Waals surface area contributed by atoms with Gasteiger partial charge in [0.1, 0.15) is 31.3 Å². The number of rotatable bonds is 27. The molecule has 5 aliphatic rings. The summed E-state index contributed by atoms with van der Waals surface area (Å²) < 4.78 is 38.7. The first-order valence-electron chi connectivity index (χ1n) is 41.1. The van der Waals surface area contributed by atoms with Crippen LogP contribution in [-0.4, -0.2) is 150 Å². The van der Waals surface area contributed by atoms with Gasteiger partial charge in [-0.15, -0.1) is 0 Å². The topological polar surface area (TPSA) is 318 Å². The van der Waals surface area contributed by atoms with Crippen LogP contribution in [-0.2, 0) is 72.6 Å². The standard InChI is InChI=1S/C34H36N4O4.C33H33N3O5.C30H28FN3O5/c1-37(2)26-16-17-38(21-26)33(40)34(20-29(34)32(39)36-41)19-23-12-14-27(15-13-23)42-22-25-18-31(24-8-4-3-5-9-24)35-30-11-7-6-10-28(25)30;37-20-25-9-6-16-36(25)32(39)33(19-28(33)31(38)35-40)18-22-12-14-26(15-13-22)41-21-24-17-30(23-7-2-1-3-8-23)34-29-11-5-4-10-27(24)29;1-3-38-29(36)30(15-23(30)28(35)34-37)14-19-7-9-27(24(31)12-19)39-17-21-13-26(20-5-4-10-32-16-20)33-25-8-6-18(2)11-22(21)25/h3-15,18,26,29,41H,16-17,19-22H2,1-2H3,(H,36,39);1-5,7-8,10-15,17,25,28,37,40H,6,9,16,18-21H2,(H,35,38);4-13,16,23,37H,3,14-15,17H2,1-2H3,(H,34,35)/t26-,29+,34-;25-,28+,33-;23-,30+/m001/s1. The lowest BCUT2D eigenvalue weighted by Gasteiger charge is -2.28. The van der Waals surface area contributed by atoms with Gasteiger partial charge in [0.05, 0.1) is 86.9 Å². The summed E-state index contributed by atoms with van der Waals surface area (Å²) >= 11 is 0. The zero-order valence-electron chi connectivity index (χ0n) is 68.3. The fraction of sp³-hybridized carbons (Fsp3) is 0.299. The lowest BCUT2D eigenvalue weighted by Crippen LogP contribution is -2.44. The van der Waals surface area contributed by atoms with E-state index >= 15 is 4.39 Å². The number of likely N-dealkylation sites (tertiary alicyclic amines) is 2. The van der Waals surface area contributed by atoms with E-state index in [1.807, 2.05) is 202 Å². The number of carbonyl (C=O) groups excluding carboxylic acids is 6. The maximum absolute atomic E-state index is 15.2. The van der Waals surface area contributed by atoms with Crippen molar-refractivity contribution in [1.82, 2.24) is 51.1 Å². The van der Waals surface area contributed by atoms with Crippen molar-refractivity contribution in [2.45, 2.75) is 104 Å². The normalized spacial score (nSPS) is 20.4. The van der Waals surface area contributed by atoms with Crippen LogP contribution < -0.4 is 30.7 Å². The van der Waals surface area contributed by atoms with Crippen molar-refractivity contribution in [2.75, 3.05) is 46.9 Å². The number of para-hydroxylation sites is 2. The quantitative estimate of drug-likeness (QED) is 0.0143. The Morgan fingerprint density at radius 2 is 0.984 bits per heavy atom. The van der Waals surface area contributed by atoms with Gasteiger partial charge < -0.3 is 38.8 Å². The van der Waals surface area contributed by atoms with Crippen molar-refractivity contribution in [3.05, 3.63) is 282 Å². The summed E-state index contributed by atoms with van der Waals surface area (Å²) in [7, 11) is 4.05. The maximum Gasteiger partial charge on any atom is 0.313 e. The first-order valence-corrected chi connectivity index (χ1v) is 41.1. The molecule has 0 bridgehead atoms. The number of amides is 5. The van der Waals surface area contributed by atoms with Crippen LogP contribution in [0.3, 0.4) is 0 Å². The fourth-order valence-electron chi connectivity index (χ4n) is 17.4. The third kappa shape index (κ3) is 18.4. The number of likely N-dealkylation sites (N-methyl/N-ethyl adjacent to an activating group) is 1. The molecule has 12 aromatic rings. The summed E-state index contributed by atoms with van der Waals surface area (Å²) in [5, 5.41) is 40.3. The molecule has 0 spiro atoms. The van der Waals surface area contributed by atoms with E-state index in [4.69, 9.17) is 39.1 Å². The number of benzene rings is 8. The molecule has 2 saturated heterocycles. The minimum absolute atomic E-state index is 0.000406. The van der Waals surface area contributed by atoms with Crippen LogP contribution >= 0.6 is 0 Å². The molecular weight excluding hydrogens is 1550 g/mol. The number of carbonyl (C=O) groups is 6. The number of esters is 1. The summed E-state index contributed by atoms with van der Waals surface area (Å²) in [5.41, 5.74) is 16.7. The molecule has 3 aliphatic carbocycles. The van der Waals surface area contributed by atoms with Gasteiger partial charge in [-0.25, -0.2) is 35.8 Å². The second kappa shape index (κ2) is 37.0. The van der Waals surface area contributed by atoms with Crippen molar-refractivity contribution in [3.8, 4) is 51.0 Å². The Bertz CT molecular complexity index is 5820. The summed E-state index contributed by atoms with van der Waals surface area (Å²) in [6.45, 7) is 6.49. The molecule has 8 aromatic carbocycles. The highest BCUT2D eigenvalue weighted by molar-refractivity contribution is 5.98. The van der Waals surface area contributed by atoms with Crippen LogP contribution in [0.2, 0.25) is 0 Å². The van der Waals surface area contributed by atoms with Crippen LogP contribution in [0.15, 0.2) is 237 Å². The van der Waals surface area contributed by atoms with Crippen molar-refractivity contribution in [2.24, 2.45) is 34.0 Å². The van der Waals surface area contributed by atoms with E-state index in [2.05, 4.69) is 40.2 Å². The first-order chi connectivity index (χ1) is 59.2. The SMILES string of the molecule is CCOC(=O)[C@@]1(Cc2ccc(OCc3cc(-c4cccnc4)nc4ccc(C)cc34)c(F)c2)C[C@@H]1C(=O)NO.CN(C)[C@H]1CCN(C(=O)[C@@]2(Cc3ccc(OCc4cc(-c5ccccc5)nc5ccccc45)cc3)C[C@@H]2C(=O)NO)C1.O=C(NO)[C@H]1C[C@]1(Cc1ccc(OCc2cc(-c3ccccc3)nc3ccccc23)cc1)C(=O)N1CCC[C@H]1CO. The minimum atomic E-state index is -1.13.